The lowest BCUT2D eigenvalue weighted by Gasteiger charge is -2.23. The highest BCUT2D eigenvalue weighted by molar-refractivity contribution is 7.91. The molecule has 19 heavy (non-hydrogen) atoms. The molecule has 1 atom stereocenters. The molecular weight excluding hydrogens is 312 g/mol. The summed E-state index contributed by atoms with van der Waals surface area (Å²) in [6.07, 6.45) is 2.04. The highest BCUT2D eigenvalue weighted by atomic mass is 35.5. The third kappa shape index (κ3) is 2.76. The summed E-state index contributed by atoms with van der Waals surface area (Å²) in [7, 11) is -2.22. The van der Waals surface area contributed by atoms with Crippen molar-refractivity contribution >= 4 is 38.6 Å². The third-order valence-corrected chi connectivity index (χ3v) is 7.09. The normalized spacial score (nSPS) is 17.7. The zero-order valence-electron chi connectivity index (χ0n) is 10.4. The van der Waals surface area contributed by atoms with Crippen LogP contribution in [-0.4, -0.2) is 30.7 Å². The molecule has 1 aromatic heterocycles. The number of nitro groups is 1. The summed E-state index contributed by atoms with van der Waals surface area (Å²) in [5.41, 5.74) is -0.363. The van der Waals surface area contributed by atoms with E-state index in [9.17, 15) is 18.5 Å². The molecule has 0 N–H and O–H groups in total. The fraction of sp³-hybridized carbons (Fsp3) is 0.600. The van der Waals surface area contributed by atoms with E-state index in [1.807, 2.05) is 6.92 Å². The Morgan fingerprint density at radius 2 is 2.16 bits per heavy atom. The van der Waals surface area contributed by atoms with Gasteiger partial charge in [0.25, 0.3) is 15.7 Å². The molecule has 0 bridgehead atoms. The van der Waals surface area contributed by atoms with E-state index in [1.165, 1.54) is 11.4 Å². The number of hydrogen-bond acceptors (Lipinski definition) is 5. The largest absolute Gasteiger partial charge is 0.300 e. The molecule has 1 aliphatic rings. The first-order chi connectivity index (χ1) is 8.75. The molecule has 0 aliphatic heterocycles. The molecular formula is C10H13ClN2O4S2. The van der Waals surface area contributed by atoms with Crippen molar-refractivity contribution in [1.29, 1.82) is 0 Å². The van der Waals surface area contributed by atoms with Gasteiger partial charge in [0.1, 0.15) is 4.21 Å². The summed E-state index contributed by atoms with van der Waals surface area (Å²) >= 11 is 6.42. The van der Waals surface area contributed by atoms with Crippen molar-refractivity contribution in [3.8, 4) is 0 Å². The summed E-state index contributed by atoms with van der Waals surface area (Å²) < 4.78 is 25.8. The fourth-order valence-corrected chi connectivity index (χ4v) is 5.10. The monoisotopic (exact) mass is 324 g/mol. The molecule has 1 fully saturated rings. The molecule has 1 heterocycles. The van der Waals surface area contributed by atoms with E-state index < -0.39 is 14.9 Å². The smallest absolute Gasteiger partial charge is 0.258 e. The van der Waals surface area contributed by atoms with E-state index in [0.29, 0.717) is 5.92 Å². The molecule has 0 saturated heterocycles. The molecule has 1 unspecified atom stereocenters. The van der Waals surface area contributed by atoms with Crippen LogP contribution < -0.4 is 0 Å². The van der Waals surface area contributed by atoms with Crippen LogP contribution in [0.4, 0.5) is 5.69 Å². The van der Waals surface area contributed by atoms with Gasteiger partial charge in [-0.25, -0.2) is 8.42 Å². The van der Waals surface area contributed by atoms with Gasteiger partial charge in [-0.1, -0.05) is 11.6 Å². The van der Waals surface area contributed by atoms with Gasteiger partial charge in [-0.15, -0.1) is 11.3 Å². The Morgan fingerprint density at radius 3 is 2.58 bits per heavy atom. The van der Waals surface area contributed by atoms with Gasteiger partial charge in [-0.05, 0) is 25.7 Å². The predicted octanol–water partition coefficient (Wildman–Crippen LogP) is 2.73. The first-order valence-electron chi connectivity index (χ1n) is 5.67. The third-order valence-electron chi connectivity index (χ3n) is 3.35. The highest BCUT2D eigenvalue weighted by Gasteiger charge is 2.37. The van der Waals surface area contributed by atoms with Crippen molar-refractivity contribution in [1.82, 2.24) is 4.31 Å². The number of halogens is 1. The van der Waals surface area contributed by atoms with Crippen LogP contribution in [0.25, 0.3) is 0 Å². The minimum Gasteiger partial charge on any atom is -0.258 e. The van der Waals surface area contributed by atoms with E-state index in [0.717, 1.165) is 30.2 Å². The fourth-order valence-electron chi connectivity index (χ4n) is 1.83. The van der Waals surface area contributed by atoms with Gasteiger partial charge in [0, 0.05) is 19.2 Å². The van der Waals surface area contributed by atoms with Gasteiger partial charge < -0.3 is 0 Å². The van der Waals surface area contributed by atoms with Crippen LogP contribution in [0.15, 0.2) is 10.3 Å². The average molecular weight is 325 g/mol. The molecule has 0 aromatic carbocycles. The number of thiophene rings is 1. The Kier molecular flexibility index (Phi) is 3.87. The quantitative estimate of drug-likeness (QED) is 0.616. The lowest BCUT2D eigenvalue weighted by Crippen LogP contribution is -2.36. The average Bonchev–Trinajstić information content (AvgIpc) is 3.09. The van der Waals surface area contributed by atoms with Gasteiger partial charge in [0.2, 0.25) is 0 Å². The predicted molar refractivity (Wildman–Crippen MR) is 73.1 cm³/mol. The number of nitrogens with zero attached hydrogens (tertiary/aromatic N) is 2. The van der Waals surface area contributed by atoms with Gasteiger partial charge in [0.05, 0.1) is 4.92 Å². The van der Waals surface area contributed by atoms with Crippen molar-refractivity contribution < 1.29 is 13.3 Å². The van der Waals surface area contributed by atoms with Gasteiger partial charge >= 0.3 is 0 Å². The van der Waals surface area contributed by atoms with Gasteiger partial charge in [0.15, 0.2) is 4.34 Å². The van der Waals surface area contributed by atoms with Crippen LogP contribution in [-0.2, 0) is 10.0 Å². The Balaban J connectivity index is 2.33. The second-order valence-electron chi connectivity index (χ2n) is 4.58. The standard InChI is InChI=1S/C10H13ClN2O4S2/c1-6(7-3-4-7)12(2)19(16,17)9-5-8(13(14)15)10(11)18-9/h5-7H,3-4H2,1-2H3. The maximum Gasteiger partial charge on any atom is 0.300 e. The van der Waals surface area contributed by atoms with E-state index in [2.05, 4.69) is 0 Å². The maximum absolute atomic E-state index is 12.3. The second kappa shape index (κ2) is 5.01. The molecule has 6 nitrogen and oxygen atoms in total. The first kappa shape index (κ1) is 14.7. The molecule has 1 saturated carbocycles. The zero-order valence-corrected chi connectivity index (χ0v) is 12.8. The van der Waals surface area contributed by atoms with Crippen LogP contribution in [0.2, 0.25) is 4.34 Å². The highest BCUT2D eigenvalue weighted by Crippen LogP contribution is 2.40. The Hall–Kier alpha value is -0.700. The van der Waals surface area contributed by atoms with Crippen molar-refractivity contribution in [3.05, 3.63) is 20.5 Å². The summed E-state index contributed by atoms with van der Waals surface area (Å²) in [5, 5.41) is 10.7. The summed E-state index contributed by atoms with van der Waals surface area (Å²) in [6.45, 7) is 1.85. The molecule has 1 aromatic rings. The minimum absolute atomic E-state index is 0.0841. The number of hydrogen-bond donors (Lipinski definition) is 0. The van der Waals surface area contributed by atoms with Crippen molar-refractivity contribution in [3.63, 3.8) is 0 Å². The summed E-state index contributed by atoms with van der Waals surface area (Å²) in [6, 6.07) is 0.920. The summed E-state index contributed by atoms with van der Waals surface area (Å²) in [5.74, 6) is 0.380. The van der Waals surface area contributed by atoms with Crippen molar-refractivity contribution in [2.45, 2.75) is 30.0 Å². The Bertz CT molecular complexity index is 609. The van der Waals surface area contributed by atoms with Crippen LogP contribution in [0.5, 0.6) is 0 Å². The number of sulfonamides is 1. The lowest BCUT2D eigenvalue weighted by molar-refractivity contribution is -0.384. The molecule has 1 aliphatic carbocycles. The van der Waals surface area contributed by atoms with E-state index in [-0.39, 0.29) is 20.3 Å². The zero-order chi connectivity index (χ0) is 14.4. The van der Waals surface area contributed by atoms with Crippen LogP contribution >= 0.6 is 22.9 Å². The van der Waals surface area contributed by atoms with E-state index in [4.69, 9.17) is 11.6 Å². The van der Waals surface area contributed by atoms with Gasteiger partial charge in [-0.3, -0.25) is 10.1 Å². The SMILES string of the molecule is CC(C1CC1)N(C)S(=O)(=O)c1cc([N+](=O)[O-])c(Cl)s1. The lowest BCUT2D eigenvalue weighted by atomic mass is 10.2. The molecule has 0 spiro atoms. The molecule has 2 rings (SSSR count). The second-order valence-corrected chi connectivity index (χ2v) is 8.46. The Labute approximate surface area is 120 Å². The van der Waals surface area contributed by atoms with Crippen molar-refractivity contribution in [2.75, 3.05) is 7.05 Å². The van der Waals surface area contributed by atoms with Crippen LogP contribution in [0, 0.1) is 16.0 Å². The van der Waals surface area contributed by atoms with Crippen LogP contribution in [0.3, 0.4) is 0 Å². The molecule has 0 amide bonds. The summed E-state index contributed by atoms with van der Waals surface area (Å²) in [4.78, 5) is 10.0. The topological polar surface area (TPSA) is 80.5 Å². The van der Waals surface area contributed by atoms with Crippen molar-refractivity contribution in [2.24, 2.45) is 5.92 Å². The van der Waals surface area contributed by atoms with Crippen LogP contribution in [0.1, 0.15) is 19.8 Å². The van der Waals surface area contributed by atoms with E-state index >= 15 is 0 Å². The Morgan fingerprint density at radius 1 is 1.58 bits per heavy atom. The first-order valence-corrected chi connectivity index (χ1v) is 8.30. The number of rotatable bonds is 5. The minimum atomic E-state index is -3.72. The molecule has 0 radical (unpaired) electrons. The van der Waals surface area contributed by atoms with E-state index in [1.54, 1.807) is 0 Å². The molecule has 9 heteroatoms. The maximum atomic E-state index is 12.3. The van der Waals surface area contributed by atoms with Gasteiger partial charge in [-0.2, -0.15) is 4.31 Å². The molecule has 106 valence electrons.